The van der Waals surface area contributed by atoms with Gasteiger partial charge in [0.15, 0.2) is 5.75 Å². The van der Waals surface area contributed by atoms with Gasteiger partial charge in [-0.3, -0.25) is 16.0 Å². The van der Waals surface area contributed by atoms with Crippen LogP contribution in [0.1, 0.15) is 37.2 Å². The molecule has 1 atom stereocenters. The van der Waals surface area contributed by atoms with Gasteiger partial charge in [-0.1, -0.05) is 18.2 Å². The van der Waals surface area contributed by atoms with Crippen LogP contribution in [-0.2, 0) is 6.42 Å². The highest BCUT2D eigenvalue weighted by Crippen LogP contribution is 2.29. The van der Waals surface area contributed by atoms with Crippen LogP contribution in [-0.4, -0.2) is 16.9 Å². The van der Waals surface area contributed by atoms with Crippen molar-refractivity contribution in [1.82, 2.24) is 15.2 Å². The van der Waals surface area contributed by atoms with E-state index >= 15 is 0 Å². The van der Waals surface area contributed by atoms with Gasteiger partial charge in [0.05, 0.1) is 25.0 Å². The normalized spacial score (nSPS) is 12.7. The highest BCUT2D eigenvalue weighted by atomic mass is 19.1. The van der Waals surface area contributed by atoms with Crippen molar-refractivity contribution in [3.63, 3.8) is 0 Å². The van der Waals surface area contributed by atoms with E-state index in [0.717, 1.165) is 5.69 Å². The zero-order chi connectivity index (χ0) is 15.4. The summed E-state index contributed by atoms with van der Waals surface area (Å²) in [7, 11) is 1.59. The van der Waals surface area contributed by atoms with Crippen LogP contribution < -0.4 is 16.0 Å². The molecule has 1 aromatic carbocycles. The topological polar surface area (TPSA) is 65.1 Å². The van der Waals surface area contributed by atoms with Crippen LogP contribution in [0, 0.1) is 5.82 Å². The molecular weight excluding hydrogens is 271 g/mol. The minimum atomic E-state index is -0.290. The summed E-state index contributed by atoms with van der Waals surface area (Å²) in [6.45, 7) is 4.04. The molecule has 0 saturated carbocycles. The molecule has 0 aliphatic carbocycles. The minimum absolute atomic E-state index is 0.153. The molecule has 6 heteroatoms. The van der Waals surface area contributed by atoms with Crippen LogP contribution in [0.15, 0.2) is 30.5 Å². The predicted molar refractivity (Wildman–Crippen MR) is 79.3 cm³/mol. The third-order valence-corrected chi connectivity index (χ3v) is 3.42. The van der Waals surface area contributed by atoms with Gasteiger partial charge >= 0.3 is 0 Å². The highest BCUT2D eigenvalue weighted by Gasteiger charge is 2.23. The summed E-state index contributed by atoms with van der Waals surface area (Å²) in [5.41, 5.74) is 4.16. The molecule has 0 aliphatic rings. The molecule has 0 radical (unpaired) electrons. The molecule has 21 heavy (non-hydrogen) atoms. The summed E-state index contributed by atoms with van der Waals surface area (Å²) in [4.78, 5) is 0. The highest BCUT2D eigenvalue weighted by molar-refractivity contribution is 5.31. The summed E-state index contributed by atoms with van der Waals surface area (Å²) in [6.07, 6.45) is 2.07. The molecule has 0 saturated heterocycles. The quantitative estimate of drug-likeness (QED) is 0.633. The Labute approximate surface area is 123 Å². The SMILES string of the molecule is COc1cnn(C(C)C)c1C(Cc1ccccc1F)NN. The van der Waals surface area contributed by atoms with Gasteiger partial charge < -0.3 is 4.74 Å². The summed E-state index contributed by atoms with van der Waals surface area (Å²) >= 11 is 0. The fraction of sp³-hybridized carbons (Fsp3) is 0.400. The number of halogens is 1. The molecule has 0 amide bonds. The van der Waals surface area contributed by atoms with Crippen LogP contribution in [0.5, 0.6) is 5.75 Å². The fourth-order valence-corrected chi connectivity index (χ4v) is 2.37. The lowest BCUT2D eigenvalue weighted by atomic mass is 10.0. The largest absolute Gasteiger partial charge is 0.493 e. The first-order valence-electron chi connectivity index (χ1n) is 6.89. The Morgan fingerprint density at radius 1 is 1.38 bits per heavy atom. The third kappa shape index (κ3) is 3.22. The first-order valence-corrected chi connectivity index (χ1v) is 6.89. The molecular formula is C15H21FN4O. The van der Waals surface area contributed by atoms with Crippen molar-refractivity contribution in [2.75, 3.05) is 7.11 Å². The van der Waals surface area contributed by atoms with Gasteiger partial charge in [0.2, 0.25) is 0 Å². The number of hydrogen-bond donors (Lipinski definition) is 2. The van der Waals surface area contributed by atoms with Gasteiger partial charge in [0, 0.05) is 6.04 Å². The van der Waals surface area contributed by atoms with Crippen molar-refractivity contribution < 1.29 is 9.13 Å². The van der Waals surface area contributed by atoms with Crippen molar-refractivity contribution in [3.05, 3.63) is 47.5 Å². The van der Waals surface area contributed by atoms with Gasteiger partial charge in [-0.05, 0) is 31.9 Å². The summed E-state index contributed by atoms with van der Waals surface area (Å²) < 4.78 is 21.0. The molecule has 1 unspecified atom stereocenters. The number of nitrogens with zero attached hydrogens (tertiary/aromatic N) is 2. The third-order valence-electron chi connectivity index (χ3n) is 3.42. The first kappa shape index (κ1) is 15.5. The van der Waals surface area contributed by atoms with Crippen LogP contribution in [0.2, 0.25) is 0 Å². The lowest BCUT2D eigenvalue weighted by Gasteiger charge is -2.21. The Balaban J connectivity index is 2.37. The maximum absolute atomic E-state index is 13.8. The van der Waals surface area contributed by atoms with E-state index in [1.807, 2.05) is 24.6 Å². The molecule has 114 valence electrons. The molecule has 2 aromatic rings. The average Bonchev–Trinajstić information content (AvgIpc) is 2.90. The van der Waals surface area contributed by atoms with Crippen molar-refractivity contribution in [2.45, 2.75) is 32.4 Å². The van der Waals surface area contributed by atoms with Crippen LogP contribution in [0.25, 0.3) is 0 Å². The number of nitrogens with two attached hydrogens (primary N) is 1. The molecule has 0 spiro atoms. The lowest BCUT2D eigenvalue weighted by Crippen LogP contribution is -2.32. The van der Waals surface area contributed by atoms with Gasteiger partial charge in [-0.2, -0.15) is 5.10 Å². The van der Waals surface area contributed by atoms with Gasteiger partial charge in [0.25, 0.3) is 0 Å². The van der Waals surface area contributed by atoms with E-state index in [1.165, 1.54) is 6.07 Å². The van der Waals surface area contributed by atoms with Crippen molar-refractivity contribution in [3.8, 4) is 5.75 Å². The monoisotopic (exact) mass is 292 g/mol. The Hall–Kier alpha value is -1.92. The minimum Gasteiger partial charge on any atom is -0.493 e. The zero-order valence-electron chi connectivity index (χ0n) is 12.5. The van der Waals surface area contributed by atoms with E-state index in [2.05, 4.69) is 10.5 Å². The molecule has 1 heterocycles. The molecule has 0 aliphatic heterocycles. The van der Waals surface area contributed by atoms with Gasteiger partial charge in [0.1, 0.15) is 5.82 Å². The molecule has 1 aromatic heterocycles. The average molecular weight is 292 g/mol. The van der Waals surface area contributed by atoms with Gasteiger partial charge in [-0.15, -0.1) is 0 Å². The second-order valence-electron chi connectivity index (χ2n) is 5.15. The second-order valence-corrected chi connectivity index (χ2v) is 5.15. The number of ether oxygens (including phenoxy) is 1. The standard InChI is InChI=1S/C15H21FN4O/c1-10(2)20-15(14(21-3)9-18-20)13(19-17)8-11-6-4-5-7-12(11)16/h4-7,9-10,13,19H,8,17H2,1-3H3. The zero-order valence-corrected chi connectivity index (χ0v) is 12.5. The summed E-state index contributed by atoms with van der Waals surface area (Å²) in [6, 6.07) is 6.54. The molecule has 3 N–H and O–H groups in total. The van der Waals surface area contributed by atoms with Crippen LogP contribution in [0.3, 0.4) is 0 Å². The van der Waals surface area contributed by atoms with Gasteiger partial charge in [-0.25, -0.2) is 4.39 Å². The Kier molecular flexibility index (Phi) is 4.93. The Morgan fingerprint density at radius 3 is 2.67 bits per heavy atom. The number of nitrogens with one attached hydrogen (secondary N) is 1. The predicted octanol–water partition coefficient (Wildman–Crippen LogP) is 2.36. The van der Waals surface area contributed by atoms with E-state index < -0.39 is 0 Å². The van der Waals surface area contributed by atoms with E-state index in [4.69, 9.17) is 10.6 Å². The van der Waals surface area contributed by atoms with Crippen molar-refractivity contribution in [2.24, 2.45) is 5.84 Å². The van der Waals surface area contributed by atoms with E-state index in [1.54, 1.807) is 25.4 Å². The lowest BCUT2D eigenvalue weighted by molar-refractivity contribution is 0.383. The summed E-state index contributed by atoms with van der Waals surface area (Å²) in [5.74, 6) is 6.08. The number of methoxy groups -OCH3 is 1. The second kappa shape index (κ2) is 6.69. The van der Waals surface area contributed by atoms with Crippen LogP contribution in [0.4, 0.5) is 4.39 Å². The summed E-state index contributed by atoms with van der Waals surface area (Å²) in [5, 5.41) is 4.32. The Bertz CT molecular complexity index is 597. The molecule has 0 bridgehead atoms. The molecule has 2 rings (SSSR count). The van der Waals surface area contributed by atoms with Crippen molar-refractivity contribution >= 4 is 0 Å². The number of benzene rings is 1. The smallest absolute Gasteiger partial charge is 0.161 e. The first-order chi connectivity index (χ1) is 10.1. The number of hydrazine groups is 1. The Morgan fingerprint density at radius 2 is 2.10 bits per heavy atom. The number of aromatic nitrogens is 2. The fourth-order valence-electron chi connectivity index (χ4n) is 2.37. The molecule has 5 nitrogen and oxygen atoms in total. The number of rotatable bonds is 6. The van der Waals surface area contributed by atoms with E-state index in [-0.39, 0.29) is 17.9 Å². The van der Waals surface area contributed by atoms with E-state index in [0.29, 0.717) is 17.7 Å². The van der Waals surface area contributed by atoms with Crippen LogP contribution >= 0.6 is 0 Å². The van der Waals surface area contributed by atoms with E-state index in [9.17, 15) is 4.39 Å². The maximum Gasteiger partial charge on any atom is 0.161 e. The number of hydrogen-bond acceptors (Lipinski definition) is 4. The van der Waals surface area contributed by atoms with Crippen molar-refractivity contribution in [1.29, 1.82) is 0 Å². The molecule has 0 fully saturated rings. The maximum atomic E-state index is 13.8.